The fourth-order valence-corrected chi connectivity index (χ4v) is 3.35. The average molecular weight is 405 g/mol. The molecule has 7 nitrogen and oxygen atoms in total. The van der Waals surface area contributed by atoms with Gasteiger partial charge in [-0.05, 0) is 25.5 Å². The predicted molar refractivity (Wildman–Crippen MR) is 89.9 cm³/mol. The lowest BCUT2D eigenvalue weighted by atomic mass is 10.2. The SMILES string of the molecule is CCOC(=O)c1nc(-c2ncccc2S(=O)(=O)CC)[nH]c1CCC(F)(F)F. The van der Waals surface area contributed by atoms with Crippen LogP contribution in [0.5, 0.6) is 0 Å². The molecule has 0 unspecified atom stereocenters. The number of sulfone groups is 1. The Morgan fingerprint density at radius 2 is 2.00 bits per heavy atom. The minimum atomic E-state index is -4.43. The molecule has 2 heterocycles. The summed E-state index contributed by atoms with van der Waals surface area (Å²) in [4.78, 5) is 22.5. The van der Waals surface area contributed by atoms with Crippen LogP contribution in [0.4, 0.5) is 13.2 Å². The number of alkyl halides is 3. The second-order valence-corrected chi connectivity index (χ2v) is 7.75. The van der Waals surface area contributed by atoms with E-state index in [2.05, 4.69) is 15.0 Å². The van der Waals surface area contributed by atoms with Gasteiger partial charge in [-0.2, -0.15) is 13.2 Å². The van der Waals surface area contributed by atoms with Crippen molar-refractivity contribution in [2.24, 2.45) is 0 Å². The molecule has 0 fully saturated rings. The Hall–Kier alpha value is -2.43. The van der Waals surface area contributed by atoms with Gasteiger partial charge in [0.15, 0.2) is 21.4 Å². The van der Waals surface area contributed by atoms with Crippen LogP contribution >= 0.6 is 0 Å². The van der Waals surface area contributed by atoms with Crippen molar-refractivity contribution in [2.75, 3.05) is 12.4 Å². The molecule has 1 N–H and O–H groups in total. The summed E-state index contributed by atoms with van der Waals surface area (Å²) in [6.45, 7) is 3.01. The maximum Gasteiger partial charge on any atom is 0.389 e. The standard InChI is InChI=1S/C16H18F3N3O4S/c1-3-26-15(23)12-10(7-8-16(17,18)19)21-14(22-12)13-11(6-5-9-20-13)27(24,25)4-2/h5-6,9H,3-4,7-8H2,1-2H3,(H,21,22). The van der Waals surface area contributed by atoms with Gasteiger partial charge in [0.05, 0.1) is 22.9 Å². The third kappa shape index (κ3) is 5.06. The van der Waals surface area contributed by atoms with E-state index < -0.39 is 34.8 Å². The number of H-pyrrole nitrogens is 1. The van der Waals surface area contributed by atoms with E-state index in [1.807, 2.05) is 0 Å². The van der Waals surface area contributed by atoms with Crippen LogP contribution in [0.1, 0.15) is 36.5 Å². The highest BCUT2D eigenvalue weighted by molar-refractivity contribution is 7.91. The highest BCUT2D eigenvalue weighted by Gasteiger charge is 2.30. The molecule has 0 aliphatic heterocycles. The Bertz CT molecular complexity index is 923. The third-order valence-corrected chi connectivity index (χ3v) is 5.38. The number of hydrogen-bond donors (Lipinski definition) is 1. The number of nitrogens with one attached hydrogen (secondary N) is 1. The second-order valence-electron chi connectivity index (χ2n) is 5.50. The second kappa shape index (κ2) is 8.07. The zero-order valence-corrected chi connectivity index (χ0v) is 15.4. The van der Waals surface area contributed by atoms with Crippen molar-refractivity contribution in [2.45, 2.75) is 37.8 Å². The summed E-state index contributed by atoms with van der Waals surface area (Å²) in [5.74, 6) is -1.20. The van der Waals surface area contributed by atoms with E-state index in [0.29, 0.717) is 0 Å². The molecule has 148 valence electrons. The largest absolute Gasteiger partial charge is 0.461 e. The lowest BCUT2D eigenvalue weighted by Gasteiger charge is -2.06. The molecule has 0 aromatic carbocycles. The van der Waals surface area contributed by atoms with Gasteiger partial charge in [-0.15, -0.1) is 0 Å². The monoisotopic (exact) mass is 405 g/mol. The summed E-state index contributed by atoms with van der Waals surface area (Å²) in [5.41, 5.74) is -0.476. The van der Waals surface area contributed by atoms with Crippen LogP contribution in [0.15, 0.2) is 23.2 Å². The average Bonchev–Trinajstić information content (AvgIpc) is 3.04. The molecule has 0 radical (unpaired) electrons. The summed E-state index contributed by atoms with van der Waals surface area (Å²) < 4.78 is 67.1. The van der Waals surface area contributed by atoms with Gasteiger partial charge in [0.25, 0.3) is 0 Å². The van der Waals surface area contributed by atoms with Gasteiger partial charge in [-0.25, -0.2) is 18.2 Å². The number of nitrogens with zero attached hydrogens (tertiary/aromatic N) is 2. The van der Waals surface area contributed by atoms with Crippen LogP contribution in [-0.2, 0) is 21.0 Å². The third-order valence-electron chi connectivity index (χ3n) is 3.62. The zero-order chi connectivity index (χ0) is 20.2. The van der Waals surface area contributed by atoms with Crippen LogP contribution in [0, 0.1) is 0 Å². The highest BCUT2D eigenvalue weighted by atomic mass is 32.2. The maximum absolute atomic E-state index is 12.6. The summed E-state index contributed by atoms with van der Waals surface area (Å²) in [5, 5.41) is 0. The predicted octanol–water partition coefficient (Wildman–Crippen LogP) is 2.94. The number of carbonyl (C=O) groups is 1. The van der Waals surface area contributed by atoms with Crippen LogP contribution < -0.4 is 0 Å². The maximum atomic E-state index is 12.6. The number of carbonyl (C=O) groups excluding carboxylic acids is 1. The Morgan fingerprint density at radius 3 is 2.59 bits per heavy atom. The number of aryl methyl sites for hydroxylation is 1. The van der Waals surface area contributed by atoms with Gasteiger partial charge < -0.3 is 9.72 Å². The van der Waals surface area contributed by atoms with E-state index in [1.54, 1.807) is 6.92 Å². The van der Waals surface area contributed by atoms with Gasteiger partial charge in [0, 0.05) is 12.6 Å². The number of halogens is 3. The van der Waals surface area contributed by atoms with Crippen molar-refractivity contribution in [1.82, 2.24) is 15.0 Å². The van der Waals surface area contributed by atoms with Crippen molar-refractivity contribution in [3.63, 3.8) is 0 Å². The molecule has 0 aliphatic rings. The van der Waals surface area contributed by atoms with Gasteiger partial charge >= 0.3 is 12.1 Å². The van der Waals surface area contributed by atoms with Crippen molar-refractivity contribution >= 4 is 15.8 Å². The van der Waals surface area contributed by atoms with E-state index in [1.165, 1.54) is 25.3 Å². The minimum absolute atomic E-state index is 0.0127. The van der Waals surface area contributed by atoms with Crippen LogP contribution in [-0.4, -0.2) is 47.9 Å². The van der Waals surface area contributed by atoms with E-state index in [0.717, 1.165) is 0 Å². The number of imidazole rings is 1. The zero-order valence-electron chi connectivity index (χ0n) is 14.6. The van der Waals surface area contributed by atoms with Crippen molar-refractivity contribution in [1.29, 1.82) is 0 Å². The van der Waals surface area contributed by atoms with Gasteiger partial charge in [-0.3, -0.25) is 4.98 Å². The topological polar surface area (TPSA) is 102 Å². The molecule has 0 saturated carbocycles. The van der Waals surface area contributed by atoms with Crippen LogP contribution in [0.2, 0.25) is 0 Å². The smallest absolute Gasteiger partial charge is 0.389 e. The van der Waals surface area contributed by atoms with Gasteiger partial charge in [-0.1, -0.05) is 6.92 Å². The molecule has 11 heteroatoms. The first-order valence-corrected chi connectivity index (χ1v) is 9.75. The Kier molecular flexibility index (Phi) is 6.24. The van der Waals surface area contributed by atoms with Crippen molar-refractivity contribution < 1.29 is 31.1 Å². The quantitative estimate of drug-likeness (QED) is 0.711. The van der Waals surface area contributed by atoms with Gasteiger partial charge in [0.2, 0.25) is 0 Å². The van der Waals surface area contributed by atoms with Crippen LogP contribution in [0.25, 0.3) is 11.5 Å². The Balaban J connectivity index is 2.55. The molecule has 2 aromatic rings. The van der Waals surface area contributed by atoms with Crippen molar-refractivity contribution in [3.05, 3.63) is 29.7 Å². The number of pyridine rings is 1. The fraction of sp³-hybridized carbons (Fsp3) is 0.438. The molecule has 27 heavy (non-hydrogen) atoms. The fourth-order valence-electron chi connectivity index (χ4n) is 2.31. The van der Waals surface area contributed by atoms with Gasteiger partial charge in [0.1, 0.15) is 5.69 Å². The number of ether oxygens (including phenoxy) is 1. The summed E-state index contributed by atoms with van der Waals surface area (Å²) in [6.07, 6.45) is -4.82. The molecule has 0 atom stereocenters. The summed E-state index contributed by atoms with van der Waals surface area (Å²) in [6, 6.07) is 2.74. The van der Waals surface area contributed by atoms with Crippen LogP contribution in [0.3, 0.4) is 0 Å². The Morgan fingerprint density at radius 1 is 1.30 bits per heavy atom. The molecule has 0 bridgehead atoms. The lowest BCUT2D eigenvalue weighted by Crippen LogP contribution is -2.12. The van der Waals surface area contributed by atoms with E-state index in [4.69, 9.17) is 4.74 Å². The number of aromatic nitrogens is 3. The summed E-state index contributed by atoms with van der Waals surface area (Å²) in [7, 11) is -3.67. The van der Waals surface area contributed by atoms with E-state index in [9.17, 15) is 26.4 Å². The first-order valence-electron chi connectivity index (χ1n) is 8.10. The molecular weight excluding hydrogens is 387 g/mol. The number of rotatable bonds is 7. The molecule has 2 rings (SSSR count). The number of hydrogen-bond acceptors (Lipinski definition) is 6. The molecule has 0 amide bonds. The highest BCUT2D eigenvalue weighted by Crippen LogP contribution is 2.27. The number of aromatic amines is 1. The van der Waals surface area contributed by atoms with E-state index in [-0.39, 0.29) is 40.2 Å². The van der Waals surface area contributed by atoms with Crippen molar-refractivity contribution in [3.8, 4) is 11.5 Å². The summed E-state index contributed by atoms with van der Waals surface area (Å²) >= 11 is 0. The molecule has 0 saturated heterocycles. The molecular formula is C16H18F3N3O4S. The Labute approximate surface area is 153 Å². The molecule has 2 aromatic heterocycles. The number of esters is 1. The normalized spacial score (nSPS) is 12.2. The van der Waals surface area contributed by atoms with E-state index >= 15 is 0 Å². The molecule has 0 spiro atoms. The molecule has 0 aliphatic carbocycles. The first kappa shape index (κ1) is 20.9. The first-order chi connectivity index (χ1) is 12.6. The minimum Gasteiger partial charge on any atom is -0.461 e. The lowest BCUT2D eigenvalue weighted by molar-refractivity contribution is -0.134.